The first-order valence-corrected chi connectivity index (χ1v) is 6.42. The van der Waals surface area contributed by atoms with Gasteiger partial charge in [0.05, 0.1) is 6.61 Å². The van der Waals surface area contributed by atoms with Crippen molar-refractivity contribution in [1.82, 2.24) is 4.90 Å². The molecule has 0 aliphatic carbocycles. The van der Waals surface area contributed by atoms with Gasteiger partial charge in [0.15, 0.2) is 0 Å². The Kier molecular flexibility index (Phi) is 4.42. The summed E-state index contributed by atoms with van der Waals surface area (Å²) in [5.41, 5.74) is 6.24. The summed E-state index contributed by atoms with van der Waals surface area (Å²) in [6.45, 7) is 5.38. The van der Waals surface area contributed by atoms with Crippen LogP contribution in [0.2, 0.25) is 0 Å². The zero-order valence-corrected chi connectivity index (χ0v) is 9.66. The van der Waals surface area contributed by atoms with Crippen LogP contribution in [0.1, 0.15) is 32.1 Å². The van der Waals surface area contributed by atoms with Gasteiger partial charge in [0.1, 0.15) is 0 Å². The maximum absolute atomic E-state index is 6.24. The summed E-state index contributed by atoms with van der Waals surface area (Å²) in [5, 5.41) is 0. The first-order valence-electron chi connectivity index (χ1n) is 6.42. The molecule has 0 aromatic rings. The topological polar surface area (TPSA) is 38.5 Å². The summed E-state index contributed by atoms with van der Waals surface area (Å²) in [7, 11) is 0. The molecule has 2 aliphatic heterocycles. The zero-order chi connectivity index (χ0) is 10.5. The Hall–Kier alpha value is -0.120. The van der Waals surface area contributed by atoms with Crippen LogP contribution in [0, 0.1) is 5.92 Å². The molecule has 2 N–H and O–H groups in total. The number of rotatable bonds is 3. The normalized spacial score (nSPS) is 31.4. The molecule has 0 spiro atoms. The van der Waals surface area contributed by atoms with Gasteiger partial charge in [0, 0.05) is 25.1 Å². The zero-order valence-electron chi connectivity index (χ0n) is 9.66. The molecule has 2 rings (SSSR count). The number of likely N-dealkylation sites (tertiary alicyclic amines) is 1. The molecule has 0 radical (unpaired) electrons. The van der Waals surface area contributed by atoms with Gasteiger partial charge in [0.25, 0.3) is 0 Å². The lowest BCUT2D eigenvalue weighted by Gasteiger charge is -2.26. The van der Waals surface area contributed by atoms with Gasteiger partial charge in [-0.2, -0.15) is 0 Å². The molecular weight excluding hydrogens is 188 g/mol. The summed E-state index contributed by atoms with van der Waals surface area (Å²) in [5.74, 6) is 0.605. The van der Waals surface area contributed by atoms with Crippen LogP contribution < -0.4 is 5.73 Å². The molecule has 88 valence electrons. The van der Waals surface area contributed by atoms with Gasteiger partial charge >= 0.3 is 0 Å². The Morgan fingerprint density at radius 1 is 1.20 bits per heavy atom. The van der Waals surface area contributed by atoms with Crippen molar-refractivity contribution in [2.24, 2.45) is 11.7 Å². The smallest absolute Gasteiger partial charge is 0.0510 e. The minimum Gasteiger partial charge on any atom is -0.381 e. The molecule has 0 bridgehead atoms. The highest BCUT2D eigenvalue weighted by Gasteiger charge is 2.24. The molecule has 2 fully saturated rings. The van der Waals surface area contributed by atoms with Gasteiger partial charge in [-0.1, -0.05) is 12.8 Å². The van der Waals surface area contributed by atoms with Gasteiger partial charge in [-0.05, 0) is 32.4 Å². The van der Waals surface area contributed by atoms with Crippen LogP contribution in [-0.2, 0) is 4.74 Å². The summed E-state index contributed by atoms with van der Waals surface area (Å²) in [6, 6.07) is 0.325. The molecule has 15 heavy (non-hydrogen) atoms. The fraction of sp³-hybridized carbons (Fsp3) is 1.00. The molecule has 2 unspecified atom stereocenters. The minimum atomic E-state index is 0.325. The third-order valence-corrected chi connectivity index (χ3v) is 3.74. The molecule has 2 aliphatic rings. The third-order valence-electron chi connectivity index (χ3n) is 3.74. The maximum Gasteiger partial charge on any atom is 0.0510 e. The fourth-order valence-electron chi connectivity index (χ4n) is 2.66. The first-order chi connectivity index (χ1) is 7.36. The molecule has 0 amide bonds. The molecule has 3 heteroatoms. The van der Waals surface area contributed by atoms with E-state index in [1.165, 1.54) is 38.8 Å². The monoisotopic (exact) mass is 212 g/mol. The summed E-state index contributed by atoms with van der Waals surface area (Å²) >= 11 is 0. The van der Waals surface area contributed by atoms with Crippen LogP contribution in [-0.4, -0.2) is 43.8 Å². The average Bonchev–Trinajstić information content (AvgIpc) is 2.65. The van der Waals surface area contributed by atoms with Gasteiger partial charge in [-0.3, -0.25) is 0 Å². The van der Waals surface area contributed by atoms with E-state index in [9.17, 15) is 0 Å². The van der Waals surface area contributed by atoms with E-state index >= 15 is 0 Å². The minimum absolute atomic E-state index is 0.325. The van der Waals surface area contributed by atoms with Crippen molar-refractivity contribution in [2.75, 3.05) is 32.8 Å². The second-order valence-electron chi connectivity index (χ2n) is 5.00. The molecule has 3 nitrogen and oxygen atoms in total. The SMILES string of the molecule is NC(CN1CCCCCC1)C1CCOC1. The van der Waals surface area contributed by atoms with Crippen LogP contribution in [0.3, 0.4) is 0 Å². The van der Waals surface area contributed by atoms with Crippen LogP contribution in [0.4, 0.5) is 0 Å². The van der Waals surface area contributed by atoms with E-state index in [0.717, 1.165) is 26.2 Å². The molecule has 2 atom stereocenters. The Morgan fingerprint density at radius 3 is 2.53 bits per heavy atom. The van der Waals surface area contributed by atoms with Crippen LogP contribution in [0.5, 0.6) is 0 Å². The Balaban J connectivity index is 1.73. The largest absolute Gasteiger partial charge is 0.381 e. The molecule has 0 aromatic heterocycles. The second-order valence-corrected chi connectivity index (χ2v) is 5.00. The van der Waals surface area contributed by atoms with Crippen molar-refractivity contribution >= 4 is 0 Å². The Labute approximate surface area is 93.0 Å². The van der Waals surface area contributed by atoms with E-state index in [4.69, 9.17) is 10.5 Å². The first kappa shape index (κ1) is 11.4. The highest BCUT2D eigenvalue weighted by atomic mass is 16.5. The van der Waals surface area contributed by atoms with Gasteiger partial charge in [-0.25, -0.2) is 0 Å². The number of nitrogens with two attached hydrogens (primary N) is 1. The van der Waals surface area contributed by atoms with E-state index in [2.05, 4.69) is 4.90 Å². The predicted molar refractivity (Wildman–Crippen MR) is 61.8 cm³/mol. The maximum atomic E-state index is 6.24. The van der Waals surface area contributed by atoms with Gasteiger partial charge in [0.2, 0.25) is 0 Å². The summed E-state index contributed by atoms with van der Waals surface area (Å²) in [6.07, 6.45) is 6.67. The van der Waals surface area contributed by atoms with E-state index in [-0.39, 0.29) is 0 Å². The number of hydrogen-bond donors (Lipinski definition) is 1. The molecule has 2 saturated heterocycles. The van der Waals surface area contributed by atoms with Crippen molar-refractivity contribution in [3.8, 4) is 0 Å². The lowest BCUT2D eigenvalue weighted by molar-refractivity contribution is 0.170. The molecule has 0 saturated carbocycles. The van der Waals surface area contributed by atoms with E-state index in [1.54, 1.807) is 0 Å². The fourth-order valence-corrected chi connectivity index (χ4v) is 2.66. The van der Waals surface area contributed by atoms with Crippen molar-refractivity contribution in [1.29, 1.82) is 0 Å². The van der Waals surface area contributed by atoms with Gasteiger partial charge in [-0.15, -0.1) is 0 Å². The second kappa shape index (κ2) is 5.83. The average molecular weight is 212 g/mol. The van der Waals surface area contributed by atoms with Crippen molar-refractivity contribution in [3.63, 3.8) is 0 Å². The van der Waals surface area contributed by atoms with Crippen LogP contribution in [0.15, 0.2) is 0 Å². The van der Waals surface area contributed by atoms with E-state index < -0.39 is 0 Å². The Morgan fingerprint density at radius 2 is 1.93 bits per heavy atom. The quantitative estimate of drug-likeness (QED) is 0.764. The Bertz CT molecular complexity index is 172. The molecule has 2 heterocycles. The standard InChI is InChI=1S/C12H24N2O/c13-12(11-5-8-15-10-11)9-14-6-3-1-2-4-7-14/h11-12H,1-10,13H2. The third kappa shape index (κ3) is 3.44. The number of hydrogen-bond acceptors (Lipinski definition) is 3. The van der Waals surface area contributed by atoms with Crippen LogP contribution in [0.25, 0.3) is 0 Å². The highest BCUT2D eigenvalue weighted by Crippen LogP contribution is 2.17. The summed E-state index contributed by atoms with van der Waals surface area (Å²) in [4.78, 5) is 2.55. The molecular formula is C12H24N2O. The summed E-state index contributed by atoms with van der Waals surface area (Å²) < 4.78 is 5.39. The number of ether oxygens (including phenoxy) is 1. The van der Waals surface area contributed by atoms with Crippen molar-refractivity contribution in [2.45, 2.75) is 38.1 Å². The lowest BCUT2D eigenvalue weighted by atomic mass is 9.99. The number of nitrogens with zero attached hydrogens (tertiary/aromatic N) is 1. The lowest BCUT2D eigenvalue weighted by Crippen LogP contribution is -2.42. The highest BCUT2D eigenvalue weighted by molar-refractivity contribution is 4.80. The van der Waals surface area contributed by atoms with Crippen molar-refractivity contribution < 1.29 is 4.74 Å². The van der Waals surface area contributed by atoms with Gasteiger partial charge < -0.3 is 15.4 Å². The van der Waals surface area contributed by atoms with Crippen LogP contribution >= 0.6 is 0 Å². The molecule has 0 aromatic carbocycles. The van der Waals surface area contributed by atoms with Crippen molar-refractivity contribution in [3.05, 3.63) is 0 Å². The van der Waals surface area contributed by atoms with E-state index in [1.807, 2.05) is 0 Å². The predicted octanol–water partition coefficient (Wildman–Crippen LogP) is 1.23. The van der Waals surface area contributed by atoms with E-state index in [0.29, 0.717) is 12.0 Å².